The molecule has 0 radical (unpaired) electrons. The third kappa shape index (κ3) is 5.86. The minimum atomic E-state index is -4.27. The summed E-state index contributed by atoms with van der Waals surface area (Å²) in [5, 5.41) is -0.880. The van der Waals surface area contributed by atoms with Gasteiger partial charge in [-0.3, -0.25) is 9.35 Å². The second-order valence-electron chi connectivity index (χ2n) is 4.27. The van der Waals surface area contributed by atoms with Gasteiger partial charge in [-0.15, -0.1) is 0 Å². The van der Waals surface area contributed by atoms with Gasteiger partial charge >= 0.3 is 0 Å². The van der Waals surface area contributed by atoms with Crippen molar-refractivity contribution in [3.63, 3.8) is 0 Å². The predicted octanol–water partition coefficient (Wildman–Crippen LogP) is 2.00. The lowest BCUT2D eigenvalue weighted by Gasteiger charge is -2.15. The molecule has 1 N–H and O–H groups in total. The molecule has 0 aromatic heterocycles. The van der Waals surface area contributed by atoms with Gasteiger partial charge in [-0.05, 0) is 17.4 Å². The maximum Gasteiger partial charge on any atom is 0.275 e. The van der Waals surface area contributed by atoms with Crippen LogP contribution in [0.2, 0.25) is 0 Å². The summed E-state index contributed by atoms with van der Waals surface area (Å²) in [6.07, 6.45) is 0.179. The summed E-state index contributed by atoms with van der Waals surface area (Å²) >= 11 is 1.58. The molecule has 4 nitrogen and oxygen atoms in total. The van der Waals surface area contributed by atoms with Crippen LogP contribution in [-0.2, 0) is 14.9 Å². The second-order valence-corrected chi connectivity index (χ2v) is 7.55. The molecule has 0 aromatic carbocycles. The molecule has 0 fully saturated rings. The highest BCUT2D eigenvalue weighted by Gasteiger charge is 2.31. The molecule has 0 saturated heterocycles. The van der Waals surface area contributed by atoms with Crippen LogP contribution in [0.3, 0.4) is 0 Å². The lowest BCUT2D eigenvalue weighted by Crippen LogP contribution is -2.33. The standard InChI is InChI=1S/C10H20O4S2/c1-7(2)10(11)9(16(12,13)14)5-6-15-8(3)4/h7-9H,5-6H2,1-4H3,(H,12,13,14). The summed E-state index contributed by atoms with van der Waals surface area (Å²) in [7, 11) is -4.27. The fourth-order valence-corrected chi connectivity index (χ4v) is 3.19. The van der Waals surface area contributed by atoms with E-state index in [1.54, 1.807) is 25.6 Å². The second kappa shape index (κ2) is 6.61. The van der Waals surface area contributed by atoms with Crippen molar-refractivity contribution in [3.05, 3.63) is 0 Å². The Morgan fingerprint density at radius 2 is 1.75 bits per heavy atom. The SMILES string of the molecule is CC(C)SCCC(C(=O)C(C)C)S(=O)(=O)O. The van der Waals surface area contributed by atoms with Gasteiger partial charge in [0.15, 0.2) is 5.78 Å². The number of carbonyl (C=O) groups is 1. The Balaban J connectivity index is 4.53. The molecule has 0 saturated carbocycles. The van der Waals surface area contributed by atoms with Crippen molar-refractivity contribution in [1.82, 2.24) is 0 Å². The molecule has 16 heavy (non-hydrogen) atoms. The summed E-state index contributed by atoms with van der Waals surface area (Å²) in [4.78, 5) is 11.6. The molecule has 1 atom stereocenters. The Bertz CT molecular complexity index is 320. The monoisotopic (exact) mass is 268 g/mol. The van der Waals surface area contributed by atoms with Crippen LogP contribution in [0, 0.1) is 5.92 Å². The molecular weight excluding hydrogens is 248 g/mol. The van der Waals surface area contributed by atoms with E-state index in [0.717, 1.165) is 0 Å². The number of carbonyl (C=O) groups excluding carboxylic acids is 1. The van der Waals surface area contributed by atoms with E-state index in [1.807, 2.05) is 13.8 Å². The van der Waals surface area contributed by atoms with Crippen LogP contribution in [0.1, 0.15) is 34.1 Å². The molecule has 6 heteroatoms. The Morgan fingerprint density at radius 1 is 1.25 bits per heavy atom. The van der Waals surface area contributed by atoms with E-state index in [4.69, 9.17) is 4.55 Å². The fourth-order valence-electron chi connectivity index (χ4n) is 1.22. The Labute approximate surface area is 102 Å². The third-order valence-electron chi connectivity index (χ3n) is 2.08. The molecule has 0 heterocycles. The number of thioether (sulfide) groups is 1. The molecule has 1 unspecified atom stereocenters. The summed E-state index contributed by atoms with van der Waals surface area (Å²) in [6.45, 7) is 7.26. The van der Waals surface area contributed by atoms with Crippen molar-refractivity contribution in [2.24, 2.45) is 5.92 Å². The van der Waals surface area contributed by atoms with Crippen molar-refractivity contribution < 1.29 is 17.8 Å². The zero-order chi connectivity index (χ0) is 12.9. The van der Waals surface area contributed by atoms with Gasteiger partial charge in [0.05, 0.1) is 0 Å². The maximum absolute atomic E-state index is 11.6. The molecule has 96 valence electrons. The highest BCUT2D eigenvalue weighted by molar-refractivity contribution is 7.99. The van der Waals surface area contributed by atoms with Crippen molar-refractivity contribution >= 4 is 27.7 Å². The Kier molecular flexibility index (Phi) is 6.58. The van der Waals surface area contributed by atoms with Gasteiger partial charge in [-0.25, -0.2) is 0 Å². The van der Waals surface area contributed by atoms with Gasteiger partial charge in [0, 0.05) is 5.92 Å². The minimum Gasteiger partial charge on any atom is -0.298 e. The van der Waals surface area contributed by atoms with Gasteiger partial charge in [0.25, 0.3) is 10.1 Å². The van der Waals surface area contributed by atoms with Crippen LogP contribution < -0.4 is 0 Å². The number of hydrogen-bond acceptors (Lipinski definition) is 4. The van der Waals surface area contributed by atoms with Crippen molar-refractivity contribution in [2.75, 3.05) is 5.75 Å². The van der Waals surface area contributed by atoms with Gasteiger partial charge in [0.1, 0.15) is 5.25 Å². The zero-order valence-electron chi connectivity index (χ0n) is 10.1. The maximum atomic E-state index is 11.6. The van der Waals surface area contributed by atoms with E-state index < -0.39 is 21.2 Å². The summed E-state index contributed by atoms with van der Waals surface area (Å²) in [5.74, 6) is -0.233. The molecule has 0 aromatic rings. The lowest BCUT2D eigenvalue weighted by molar-refractivity contribution is -0.121. The van der Waals surface area contributed by atoms with Gasteiger partial charge < -0.3 is 0 Å². The quantitative estimate of drug-likeness (QED) is 0.715. The van der Waals surface area contributed by atoms with E-state index in [0.29, 0.717) is 11.0 Å². The zero-order valence-corrected chi connectivity index (χ0v) is 11.8. The summed E-state index contributed by atoms with van der Waals surface area (Å²) in [6, 6.07) is 0. The van der Waals surface area contributed by atoms with E-state index in [9.17, 15) is 13.2 Å². The first-order chi connectivity index (χ1) is 7.16. The number of Topliss-reactive ketones (excluding diaryl/α,β-unsaturated/α-hetero) is 1. The molecule has 0 aliphatic rings. The number of rotatable bonds is 7. The molecule has 0 aliphatic heterocycles. The van der Waals surface area contributed by atoms with Crippen LogP contribution in [0.15, 0.2) is 0 Å². The van der Waals surface area contributed by atoms with Crippen LogP contribution in [0.5, 0.6) is 0 Å². The largest absolute Gasteiger partial charge is 0.298 e. The van der Waals surface area contributed by atoms with Crippen LogP contribution in [-0.4, -0.2) is 35.0 Å². The Morgan fingerprint density at radius 3 is 2.06 bits per heavy atom. The highest BCUT2D eigenvalue weighted by atomic mass is 32.2. The molecule has 0 aliphatic carbocycles. The first kappa shape index (κ1) is 15.9. The molecular formula is C10H20O4S2. The summed E-state index contributed by atoms with van der Waals surface area (Å²) in [5.41, 5.74) is 0. The lowest BCUT2D eigenvalue weighted by atomic mass is 10.0. The average molecular weight is 268 g/mol. The van der Waals surface area contributed by atoms with Crippen LogP contribution in [0.25, 0.3) is 0 Å². The fraction of sp³-hybridized carbons (Fsp3) is 0.900. The van der Waals surface area contributed by atoms with Gasteiger partial charge in [-0.2, -0.15) is 20.2 Å². The van der Waals surface area contributed by atoms with Crippen molar-refractivity contribution in [1.29, 1.82) is 0 Å². The third-order valence-corrected chi connectivity index (χ3v) is 4.40. The average Bonchev–Trinajstić information content (AvgIpc) is 2.08. The normalized spacial score (nSPS) is 14.4. The van der Waals surface area contributed by atoms with Gasteiger partial charge in [-0.1, -0.05) is 27.7 Å². The Hall–Kier alpha value is -0.0700. The van der Waals surface area contributed by atoms with Crippen LogP contribution >= 0.6 is 11.8 Å². The minimum absolute atomic E-state index is 0.179. The van der Waals surface area contributed by atoms with Crippen LogP contribution in [0.4, 0.5) is 0 Å². The van der Waals surface area contributed by atoms with Crippen molar-refractivity contribution in [3.8, 4) is 0 Å². The predicted molar refractivity (Wildman–Crippen MR) is 67.4 cm³/mol. The molecule has 0 amide bonds. The topological polar surface area (TPSA) is 71.4 Å². The van der Waals surface area contributed by atoms with E-state index in [2.05, 4.69) is 0 Å². The highest BCUT2D eigenvalue weighted by Crippen LogP contribution is 2.17. The van der Waals surface area contributed by atoms with Crippen molar-refractivity contribution in [2.45, 2.75) is 44.6 Å². The molecule has 0 rings (SSSR count). The summed E-state index contributed by atoms with van der Waals surface area (Å²) < 4.78 is 31.2. The first-order valence-electron chi connectivity index (χ1n) is 5.28. The van der Waals surface area contributed by atoms with E-state index in [-0.39, 0.29) is 12.3 Å². The van der Waals surface area contributed by atoms with E-state index in [1.165, 1.54) is 0 Å². The number of ketones is 1. The smallest absolute Gasteiger partial charge is 0.275 e. The molecule has 0 bridgehead atoms. The van der Waals surface area contributed by atoms with E-state index >= 15 is 0 Å². The first-order valence-corrected chi connectivity index (χ1v) is 7.83. The van der Waals surface area contributed by atoms with Gasteiger partial charge in [0.2, 0.25) is 0 Å². The number of hydrogen-bond donors (Lipinski definition) is 1. The molecule has 0 spiro atoms.